The summed E-state index contributed by atoms with van der Waals surface area (Å²) < 4.78 is 4.93. The molecule has 2 amide bonds. The number of unbranched alkanes of at least 4 members (excludes halogenated alkanes) is 1. The third kappa shape index (κ3) is 4.87. The SMILES string of the molecule is C=CCCCOC(=O)[C@@H]1[C@H]2C(=O)N([C@@H](CO)CC(C)C)C(C(=O)N(CC=C)C(C)C)C23S[C@@H]1CC3C. The van der Waals surface area contributed by atoms with E-state index in [0.29, 0.717) is 26.0 Å². The van der Waals surface area contributed by atoms with Gasteiger partial charge in [0.25, 0.3) is 0 Å². The number of carbonyl (C=O) groups is 3. The van der Waals surface area contributed by atoms with Crippen LogP contribution < -0.4 is 0 Å². The second-order valence-corrected chi connectivity index (χ2v) is 12.8. The minimum atomic E-state index is -0.739. The first-order valence-corrected chi connectivity index (χ1v) is 14.2. The van der Waals surface area contributed by atoms with E-state index >= 15 is 0 Å². The molecule has 3 aliphatic rings. The molecule has 0 aromatic carbocycles. The van der Waals surface area contributed by atoms with Crippen LogP contribution in [0.15, 0.2) is 25.3 Å². The summed E-state index contributed by atoms with van der Waals surface area (Å²) in [6.07, 6.45) is 6.29. The van der Waals surface area contributed by atoms with Crippen molar-refractivity contribution in [1.82, 2.24) is 9.80 Å². The van der Waals surface area contributed by atoms with Gasteiger partial charge in [-0.1, -0.05) is 32.9 Å². The maximum atomic E-state index is 14.3. The van der Waals surface area contributed by atoms with Gasteiger partial charge in [-0.15, -0.1) is 24.9 Å². The number of nitrogens with zero attached hydrogens (tertiary/aromatic N) is 2. The van der Waals surface area contributed by atoms with Crippen LogP contribution in [-0.4, -0.2) is 80.6 Å². The number of fused-ring (bicyclic) bond motifs is 1. The van der Waals surface area contributed by atoms with E-state index < -0.39 is 28.7 Å². The summed E-state index contributed by atoms with van der Waals surface area (Å²) in [5.41, 5.74) is 0. The van der Waals surface area contributed by atoms with Crippen LogP contribution in [0.4, 0.5) is 0 Å². The highest BCUT2D eigenvalue weighted by Gasteiger charge is 2.77. The monoisotopic (exact) mass is 520 g/mol. The number of carbonyl (C=O) groups excluding carboxylic acids is 3. The Morgan fingerprint density at radius 2 is 1.97 bits per heavy atom. The summed E-state index contributed by atoms with van der Waals surface area (Å²) in [5, 5.41) is 10.3. The second-order valence-electron chi connectivity index (χ2n) is 11.2. The minimum Gasteiger partial charge on any atom is -0.465 e. The smallest absolute Gasteiger partial charge is 0.310 e. The molecule has 0 aromatic heterocycles. The first-order chi connectivity index (χ1) is 17.1. The van der Waals surface area contributed by atoms with Gasteiger partial charge in [0.15, 0.2) is 0 Å². The number of hydrogen-bond donors (Lipinski definition) is 1. The van der Waals surface area contributed by atoms with Crippen LogP contribution in [-0.2, 0) is 19.1 Å². The number of hydrogen-bond acceptors (Lipinski definition) is 6. The van der Waals surface area contributed by atoms with E-state index in [1.807, 2.05) is 27.7 Å². The fourth-order valence-electron chi connectivity index (χ4n) is 6.57. The van der Waals surface area contributed by atoms with Crippen LogP contribution in [0.5, 0.6) is 0 Å². The maximum absolute atomic E-state index is 14.3. The van der Waals surface area contributed by atoms with Gasteiger partial charge in [0.1, 0.15) is 6.04 Å². The Balaban J connectivity index is 2.06. The molecule has 2 bridgehead atoms. The van der Waals surface area contributed by atoms with E-state index in [-0.39, 0.29) is 47.5 Å². The van der Waals surface area contributed by atoms with Crippen LogP contribution in [0.1, 0.15) is 60.3 Å². The van der Waals surface area contributed by atoms with Gasteiger partial charge in [-0.25, -0.2) is 0 Å². The summed E-state index contributed by atoms with van der Waals surface area (Å²) in [7, 11) is 0. The minimum absolute atomic E-state index is 0.0529. The van der Waals surface area contributed by atoms with Crippen LogP contribution >= 0.6 is 11.8 Å². The third-order valence-electron chi connectivity index (χ3n) is 8.07. The number of likely N-dealkylation sites (tertiary alicyclic amines) is 1. The maximum Gasteiger partial charge on any atom is 0.310 e. The lowest BCUT2D eigenvalue weighted by molar-refractivity contribution is -0.155. The van der Waals surface area contributed by atoms with Crippen LogP contribution in [0.3, 0.4) is 0 Å². The molecule has 3 aliphatic heterocycles. The number of aliphatic hydroxyl groups excluding tert-OH is 1. The molecule has 8 heteroatoms. The summed E-state index contributed by atoms with van der Waals surface area (Å²) in [6.45, 7) is 18.1. The van der Waals surface area contributed by atoms with Gasteiger partial charge in [-0.2, -0.15) is 0 Å². The highest BCUT2D eigenvalue weighted by atomic mass is 32.2. The van der Waals surface area contributed by atoms with E-state index in [2.05, 4.69) is 20.1 Å². The second kappa shape index (κ2) is 11.7. The average molecular weight is 521 g/mol. The van der Waals surface area contributed by atoms with Gasteiger partial charge in [-0.05, 0) is 51.4 Å². The van der Waals surface area contributed by atoms with E-state index in [1.165, 1.54) is 0 Å². The molecule has 7 atom stereocenters. The Bertz CT molecular complexity index is 861. The zero-order valence-corrected chi connectivity index (χ0v) is 23.3. The lowest BCUT2D eigenvalue weighted by Crippen LogP contribution is -2.60. The Labute approximate surface area is 220 Å². The number of rotatable bonds is 13. The van der Waals surface area contributed by atoms with Crippen molar-refractivity contribution in [3.8, 4) is 0 Å². The van der Waals surface area contributed by atoms with Crippen molar-refractivity contribution in [3.63, 3.8) is 0 Å². The molecule has 7 nitrogen and oxygen atoms in total. The molecule has 36 heavy (non-hydrogen) atoms. The van der Waals surface area contributed by atoms with E-state index in [0.717, 1.165) is 12.8 Å². The third-order valence-corrected chi connectivity index (χ3v) is 10.1. The summed E-state index contributed by atoms with van der Waals surface area (Å²) in [4.78, 5) is 45.3. The molecule has 3 saturated heterocycles. The van der Waals surface area contributed by atoms with Gasteiger partial charge < -0.3 is 19.6 Å². The highest BCUT2D eigenvalue weighted by molar-refractivity contribution is 8.02. The van der Waals surface area contributed by atoms with Crippen molar-refractivity contribution in [2.75, 3.05) is 19.8 Å². The van der Waals surface area contributed by atoms with E-state index in [9.17, 15) is 19.5 Å². The Kier molecular flexibility index (Phi) is 9.36. The number of esters is 1. The first-order valence-electron chi connectivity index (χ1n) is 13.4. The molecule has 0 saturated carbocycles. The lowest BCUT2D eigenvalue weighted by atomic mass is 9.66. The number of ether oxygens (including phenoxy) is 1. The van der Waals surface area contributed by atoms with Gasteiger partial charge in [-0.3, -0.25) is 14.4 Å². The number of allylic oxidation sites excluding steroid dienone is 1. The van der Waals surface area contributed by atoms with E-state index in [4.69, 9.17) is 4.74 Å². The van der Waals surface area contributed by atoms with Crippen LogP contribution in [0.2, 0.25) is 0 Å². The zero-order valence-electron chi connectivity index (χ0n) is 22.5. The number of aliphatic hydroxyl groups is 1. The topological polar surface area (TPSA) is 87.1 Å². The predicted octanol–water partition coefficient (Wildman–Crippen LogP) is 3.66. The van der Waals surface area contributed by atoms with Crippen molar-refractivity contribution in [2.45, 2.75) is 88.4 Å². The number of amides is 2. The predicted molar refractivity (Wildman–Crippen MR) is 143 cm³/mol. The van der Waals surface area contributed by atoms with Crippen molar-refractivity contribution in [3.05, 3.63) is 25.3 Å². The fraction of sp³-hybridized carbons (Fsp3) is 0.750. The Morgan fingerprint density at radius 3 is 2.53 bits per heavy atom. The average Bonchev–Trinajstić information content (AvgIpc) is 3.41. The molecule has 1 spiro atoms. The molecule has 0 aromatic rings. The van der Waals surface area contributed by atoms with Crippen LogP contribution in [0.25, 0.3) is 0 Å². The summed E-state index contributed by atoms with van der Waals surface area (Å²) >= 11 is 1.64. The van der Waals surface area contributed by atoms with Gasteiger partial charge in [0.05, 0.1) is 35.8 Å². The van der Waals surface area contributed by atoms with Gasteiger partial charge in [0.2, 0.25) is 11.8 Å². The summed E-state index contributed by atoms with van der Waals surface area (Å²) in [6, 6.07) is -1.30. The highest BCUT2D eigenvalue weighted by Crippen LogP contribution is 2.69. The molecule has 3 fully saturated rings. The van der Waals surface area contributed by atoms with E-state index in [1.54, 1.807) is 33.7 Å². The Morgan fingerprint density at radius 1 is 1.28 bits per heavy atom. The molecular formula is C28H44N2O5S. The zero-order chi connectivity index (χ0) is 26.8. The molecule has 3 heterocycles. The largest absolute Gasteiger partial charge is 0.465 e. The first kappa shape index (κ1) is 28.8. The van der Waals surface area contributed by atoms with Gasteiger partial charge >= 0.3 is 5.97 Å². The molecule has 0 aliphatic carbocycles. The standard InChI is InChI=1S/C28H44N2O5S/c1-8-10-11-13-35-27(34)22-21-15-19(7)28(36-21)23(22)25(32)30(20(16-31)14-17(3)4)24(28)26(33)29(12-9-2)18(5)6/h8-9,17-24,31H,1-2,10-16H2,3-7H3/t19?,20-,21-,22+,23+,24?,28?/m1/s1. The fourth-order valence-corrected chi connectivity index (χ4v) is 8.96. The molecule has 3 rings (SSSR count). The summed E-state index contributed by atoms with van der Waals surface area (Å²) in [5.74, 6) is -1.56. The van der Waals surface area contributed by atoms with Crippen molar-refractivity contribution >= 4 is 29.5 Å². The lowest BCUT2D eigenvalue weighted by Gasteiger charge is -2.43. The molecule has 0 radical (unpaired) electrons. The molecule has 1 N–H and O–H groups in total. The van der Waals surface area contributed by atoms with Crippen LogP contribution in [0, 0.1) is 23.7 Å². The molecule has 3 unspecified atom stereocenters. The molecular weight excluding hydrogens is 476 g/mol. The number of thioether (sulfide) groups is 1. The normalized spacial score (nSPS) is 31.6. The van der Waals surface area contributed by atoms with Gasteiger partial charge in [0, 0.05) is 17.8 Å². The molecule has 202 valence electrons. The van der Waals surface area contributed by atoms with Crippen molar-refractivity contribution in [1.29, 1.82) is 0 Å². The van der Waals surface area contributed by atoms with Crippen molar-refractivity contribution in [2.24, 2.45) is 23.7 Å². The Hall–Kier alpha value is -1.80. The van der Waals surface area contributed by atoms with Crippen molar-refractivity contribution < 1.29 is 24.2 Å². The quantitative estimate of drug-likeness (QED) is 0.227.